The van der Waals surface area contributed by atoms with E-state index in [4.69, 9.17) is 10.5 Å². The minimum Gasteiger partial charge on any atom is -0.476 e. The van der Waals surface area contributed by atoms with E-state index in [-0.39, 0.29) is 5.95 Å². The van der Waals surface area contributed by atoms with E-state index in [2.05, 4.69) is 29.9 Å². The van der Waals surface area contributed by atoms with Crippen molar-refractivity contribution in [1.82, 2.24) is 29.9 Å². The fourth-order valence-electron chi connectivity index (χ4n) is 1.71. The van der Waals surface area contributed by atoms with E-state index >= 15 is 0 Å². The van der Waals surface area contributed by atoms with Crippen LogP contribution in [0.15, 0.2) is 24.9 Å². The van der Waals surface area contributed by atoms with Crippen LogP contribution in [0, 0.1) is 0 Å². The lowest BCUT2D eigenvalue weighted by Gasteiger charge is -2.07. The molecule has 0 aliphatic rings. The average Bonchev–Trinajstić information content (AvgIpc) is 2.48. The maximum absolute atomic E-state index is 5.61. The minimum atomic E-state index is 0.103. The normalized spacial score (nSPS) is 10.7. The van der Waals surface area contributed by atoms with Gasteiger partial charge in [-0.3, -0.25) is 0 Å². The van der Waals surface area contributed by atoms with Crippen LogP contribution >= 0.6 is 0 Å². The Labute approximate surface area is 114 Å². The number of anilines is 1. The van der Waals surface area contributed by atoms with Crippen LogP contribution in [0.5, 0.6) is 5.88 Å². The van der Waals surface area contributed by atoms with Crippen LogP contribution in [0.2, 0.25) is 0 Å². The number of hydrogen-bond donors (Lipinski definition) is 1. The molecule has 3 aromatic heterocycles. The van der Waals surface area contributed by atoms with E-state index in [1.165, 1.54) is 6.33 Å². The van der Waals surface area contributed by atoms with E-state index in [1.54, 1.807) is 18.6 Å². The van der Waals surface area contributed by atoms with Crippen molar-refractivity contribution in [1.29, 1.82) is 0 Å². The maximum Gasteiger partial charge on any atom is 0.247 e. The monoisotopic (exact) mass is 269 g/mol. The lowest BCUT2D eigenvalue weighted by Crippen LogP contribution is -2.04. The molecule has 8 nitrogen and oxygen atoms in total. The van der Waals surface area contributed by atoms with Gasteiger partial charge in [0.2, 0.25) is 11.8 Å². The molecule has 3 heterocycles. The molecule has 100 valence electrons. The van der Waals surface area contributed by atoms with E-state index in [0.29, 0.717) is 29.3 Å². The summed E-state index contributed by atoms with van der Waals surface area (Å²) in [6.07, 6.45) is 6.35. The molecule has 0 saturated carbocycles. The smallest absolute Gasteiger partial charge is 0.247 e. The zero-order valence-electron chi connectivity index (χ0n) is 10.7. The molecule has 0 aliphatic carbocycles. The molecule has 0 unspecified atom stereocenters. The van der Waals surface area contributed by atoms with E-state index in [9.17, 15) is 0 Å². The van der Waals surface area contributed by atoms with Gasteiger partial charge in [-0.25, -0.2) is 19.9 Å². The Morgan fingerprint density at radius 1 is 1.10 bits per heavy atom. The highest BCUT2D eigenvalue weighted by molar-refractivity contribution is 5.79. The van der Waals surface area contributed by atoms with Crippen LogP contribution in [0.4, 0.5) is 5.95 Å². The molecule has 8 heteroatoms. The quantitative estimate of drug-likeness (QED) is 0.744. The van der Waals surface area contributed by atoms with Crippen LogP contribution in [0.3, 0.4) is 0 Å². The van der Waals surface area contributed by atoms with E-state index < -0.39 is 0 Å². The molecule has 0 radical (unpaired) electrons. The van der Waals surface area contributed by atoms with Crippen LogP contribution in [-0.4, -0.2) is 36.5 Å². The summed E-state index contributed by atoms with van der Waals surface area (Å²) in [6.45, 7) is 2.30. The molecule has 0 spiro atoms. The number of nitrogens with zero attached hydrogens (tertiary/aromatic N) is 6. The molecular formula is C12H11N7O. The third-order valence-corrected chi connectivity index (χ3v) is 2.53. The van der Waals surface area contributed by atoms with Gasteiger partial charge in [0.05, 0.1) is 18.5 Å². The van der Waals surface area contributed by atoms with Crippen molar-refractivity contribution in [3.05, 3.63) is 24.9 Å². The number of aromatic nitrogens is 6. The van der Waals surface area contributed by atoms with Crippen molar-refractivity contribution in [3.8, 4) is 17.1 Å². The van der Waals surface area contributed by atoms with Gasteiger partial charge in [0.25, 0.3) is 0 Å². The molecular weight excluding hydrogens is 258 g/mol. The predicted molar refractivity (Wildman–Crippen MR) is 71.7 cm³/mol. The summed E-state index contributed by atoms with van der Waals surface area (Å²) in [5.41, 5.74) is 7.83. The summed E-state index contributed by atoms with van der Waals surface area (Å²) in [5, 5.41) is 0. The van der Waals surface area contributed by atoms with Crippen molar-refractivity contribution in [2.75, 3.05) is 12.3 Å². The molecule has 2 N–H and O–H groups in total. The topological polar surface area (TPSA) is 113 Å². The Kier molecular flexibility index (Phi) is 3.04. The highest BCUT2D eigenvalue weighted by atomic mass is 16.5. The first kappa shape index (κ1) is 12.2. The Balaban J connectivity index is 2.19. The lowest BCUT2D eigenvalue weighted by atomic mass is 10.2. The second-order valence-electron chi connectivity index (χ2n) is 3.87. The zero-order valence-corrected chi connectivity index (χ0v) is 10.7. The number of ether oxygens (including phenoxy) is 1. The Bertz CT molecular complexity index is 747. The van der Waals surface area contributed by atoms with Gasteiger partial charge < -0.3 is 10.5 Å². The summed E-state index contributed by atoms with van der Waals surface area (Å²) in [6, 6.07) is 0. The van der Waals surface area contributed by atoms with E-state index in [1.807, 2.05) is 6.92 Å². The molecule has 0 amide bonds. The Morgan fingerprint density at radius 3 is 2.65 bits per heavy atom. The number of hydrogen-bond acceptors (Lipinski definition) is 8. The maximum atomic E-state index is 5.61. The van der Waals surface area contributed by atoms with Crippen LogP contribution in [0.25, 0.3) is 22.4 Å². The highest BCUT2D eigenvalue weighted by Gasteiger charge is 2.12. The van der Waals surface area contributed by atoms with Gasteiger partial charge in [0.15, 0.2) is 11.2 Å². The zero-order chi connectivity index (χ0) is 13.9. The van der Waals surface area contributed by atoms with Crippen molar-refractivity contribution in [3.63, 3.8) is 0 Å². The summed E-state index contributed by atoms with van der Waals surface area (Å²) in [5.74, 6) is 0.423. The molecule has 0 saturated heterocycles. The van der Waals surface area contributed by atoms with Gasteiger partial charge in [-0.1, -0.05) is 0 Å². The minimum absolute atomic E-state index is 0.103. The lowest BCUT2D eigenvalue weighted by molar-refractivity contribution is 0.330. The first-order valence-electron chi connectivity index (χ1n) is 5.96. The molecule has 0 bridgehead atoms. The first-order valence-corrected chi connectivity index (χ1v) is 5.96. The highest BCUT2D eigenvalue weighted by Crippen LogP contribution is 2.23. The summed E-state index contributed by atoms with van der Waals surface area (Å²) >= 11 is 0. The summed E-state index contributed by atoms with van der Waals surface area (Å²) < 4.78 is 5.43. The Hall–Kier alpha value is -2.90. The summed E-state index contributed by atoms with van der Waals surface area (Å²) in [7, 11) is 0. The van der Waals surface area contributed by atoms with Gasteiger partial charge >= 0.3 is 0 Å². The number of rotatable bonds is 3. The van der Waals surface area contributed by atoms with Gasteiger partial charge in [-0.2, -0.15) is 9.97 Å². The second-order valence-corrected chi connectivity index (χ2v) is 3.87. The third kappa shape index (κ3) is 2.18. The van der Waals surface area contributed by atoms with Crippen LogP contribution in [0.1, 0.15) is 6.92 Å². The van der Waals surface area contributed by atoms with Crippen molar-refractivity contribution >= 4 is 17.1 Å². The molecule has 0 fully saturated rings. The second kappa shape index (κ2) is 5.00. The van der Waals surface area contributed by atoms with Gasteiger partial charge in [-0.15, -0.1) is 0 Å². The molecule has 0 aromatic carbocycles. The molecule has 20 heavy (non-hydrogen) atoms. The van der Waals surface area contributed by atoms with Gasteiger partial charge in [0.1, 0.15) is 6.33 Å². The van der Waals surface area contributed by atoms with Gasteiger partial charge in [-0.05, 0) is 6.92 Å². The van der Waals surface area contributed by atoms with Gasteiger partial charge in [0, 0.05) is 18.0 Å². The molecule has 0 aliphatic heterocycles. The average molecular weight is 269 g/mol. The Morgan fingerprint density at radius 2 is 1.90 bits per heavy atom. The fourth-order valence-corrected chi connectivity index (χ4v) is 1.71. The number of nitrogen functional groups attached to an aromatic ring is 1. The number of fused-ring (bicyclic) bond motifs is 1. The largest absolute Gasteiger partial charge is 0.476 e. The van der Waals surface area contributed by atoms with Crippen molar-refractivity contribution in [2.24, 2.45) is 0 Å². The van der Waals surface area contributed by atoms with E-state index in [0.717, 1.165) is 5.56 Å². The predicted octanol–water partition coefficient (Wildman–Crippen LogP) is 0.858. The van der Waals surface area contributed by atoms with Crippen LogP contribution in [-0.2, 0) is 0 Å². The summed E-state index contributed by atoms with van der Waals surface area (Å²) in [4.78, 5) is 24.7. The number of nitrogens with two attached hydrogens (primary N) is 1. The molecule has 0 atom stereocenters. The molecule has 3 rings (SSSR count). The first-order chi connectivity index (χ1) is 9.78. The fraction of sp³-hybridized carbons (Fsp3) is 0.167. The SMILES string of the molecule is CCOc1nc(N)nc2ncc(-c3cncnc3)nc12. The molecule has 3 aromatic rings. The van der Waals surface area contributed by atoms with Crippen molar-refractivity contribution in [2.45, 2.75) is 6.92 Å². The standard InChI is InChI=1S/C12H11N7O/c1-2-20-11-9-10(18-12(13)19-11)16-5-8(17-9)7-3-14-6-15-4-7/h3-6H,2H2,1H3,(H2,13,16,18,19). The third-order valence-electron chi connectivity index (χ3n) is 2.53. The van der Waals surface area contributed by atoms with Crippen LogP contribution < -0.4 is 10.5 Å². The van der Waals surface area contributed by atoms with Crippen molar-refractivity contribution < 1.29 is 4.74 Å².